The number of aliphatic hydroxyl groups excluding tert-OH is 1. The van der Waals surface area contributed by atoms with Crippen LogP contribution in [0, 0.1) is 0 Å². The van der Waals surface area contributed by atoms with E-state index in [-0.39, 0.29) is 11.5 Å². The smallest absolute Gasteiger partial charge is 0.220 e. The van der Waals surface area contributed by atoms with Crippen LogP contribution in [0.2, 0.25) is 0 Å². The molecule has 11 heavy (non-hydrogen) atoms. The minimum Gasteiger partial charge on any atom is -0.504 e. The molecule has 0 fully saturated rings. The molecule has 2 nitrogen and oxygen atoms in total. The first-order chi connectivity index (χ1) is 5.24. The van der Waals surface area contributed by atoms with Crippen molar-refractivity contribution in [3.8, 4) is 0 Å². The maximum absolute atomic E-state index is 10.7. The van der Waals surface area contributed by atoms with E-state index in [1.54, 1.807) is 6.08 Å². The normalized spacial score (nSPS) is 20.6. The third kappa shape index (κ3) is 1.80. The first-order valence-electron chi connectivity index (χ1n) is 3.57. The Morgan fingerprint density at radius 1 is 1.55 bits per heavy atom. The van der Waals surface area contributed by atoms with E-state index in [9.17, 15) is 4.79 Å². The number of hydrogen-bond donors (Lipinski definition) is 1. The predicted molar refractivity (Wildman–Crippen MR) is 43.2 cm³/mol. The van der Waals surface area contributed by atoms with Gasteiger partial charge in [-0.1, -0.05) is 19.1 Å². The van der Waals surface area contributed by atoms with Gasteiger partial charge in [-0.2, -0.15) is 0 Å². The second-order valence-electron chi connectivity index (χ2n) is 2.34. The average molecular weight is 150 g/mol. The summed E-state index contributed by atoms with van der Waals surface area (Å²) >= 11 is 0. The SMILES string of the molecule is CC/C=C1/C=CC(=O)C(O)=C1. The fraction of sp³-hybridized carbons (Fsp3) is 0.222. The van der Waals surface area contributed by atoms with Crippen LogP contribution >= 0.6 is 0 Å². The molecule has 1 aliphatic rings. The molecule has 0 spiro atoms. The van der Waals surface area contributed by atoms with Crippen LogP contribution in [0.15, 0.2) is 35.6 Å². The van der Waals surface area contributed by atoms with E-state index >= 15 is 0 Å². The Hall–Kier alpha value is -1.31. The van der Waals surface area contributed by atoms with E-state index in [4.69, 9.17) is 5.11 Å². The Bertz CT molecular complexity index is 257. The van der Waals surface area contributed by atoms with Gasteiger partial charge >= 0.3 is 0 Å². The third-order valence-corrected chi connectivity index (χ3v) is 1.42. The lowest BCUT2D eigenvalue weighted by Crippen LogP contribution is -2.01. The molecule has 1 aliphatic carbocycles. The van der Waals surface area contributed by atoms with Crippen LogP contribution in [0.5, 0.6) is 0 Å². The molecule has 0 heterocycles. The Kier molecular flexibility index (Phi) is 2.26. The molecule has 58 valence electrons. The van der Waals surface area contributed by atoms with E-state index in [1.807, 2.05) is 13.0 Å². The minimum atomic E-state index is -0.321. The van der Waals surface area contributed by atoms with Crippen LogP contribution in [-0.2, 0) is 4.79 Å². The summed E-state index contributed by atoms with van der Waals surface area (Å²) in [5.74, 6) is -0.495. The third-order valence-electron chi connectivity index (χ3n) is 1.42. The van der Waals surface area contributed by atoms with Crippen molar-refractivity contribution < 1.29 is 9.90 Å². The lowest BCUT2D eigenvalue weighted by molar-refractivity contribution is -0.113. The van der Waals surface area contributed by atoms with Gasteiger partial charge in [0.2, 0.25) is 5.78 Å². The molecule has 2 heteroatoms. The zero-order valence-corrected chi connectivity index (χ0v) is 6.37. The lowest BCUT2D eigenvalue weighted by Gasteiger charge is -2.01. The van der Waals surface area contributed by atoms with E-state index in [0.29, 0.717) is 0 Å². The van der Waals surface area contributed by atoms with Crippen LogP contribution in [0.1, 0.15) is 13.3 Å². The topological polar surface area (TPSA) is 37.3 Å². The Labute approximate surface area is 65.5 Å². The molecule has 0 unspecified atom stereocenters. The van der Waals surface area contributed by atoms with Gasteiger partial charge in [0.1, 0.15) is 0 Å². The number of ketones is 1. The number of hydrogen-bond acceptors (Lipinski definition) is 2. The summed E-state index contributed by atoms with van der Waals surface area (Å²) in [4.78, 5) is 10.7. The minimum absolute atomic E-state index is 0.174. The molecule has 1 N–H and O–H groups in total. The molecule has 0 amide bonds. The molecule has 1 rings (SSSR count). The van der Waals surface area contributed by atoms with Gasteiger partial charge in [0.15, 0.2) is 5.76 Å². The Morgan fingerprint density at radius 3 is 2.82 bits per heavy atom. The summed E-state index contributed by atoms with van der Waals surface area (Å²) in [6.07, 6.45) is 7.39. The van der Waals surface area contributed by atoms with Gasteiger partial charge in [-0.25, -0.2) is 0 Å². The standard InChI is InChI=1S/C9H10O2/c1-2-3-7-4-5-8(10)9(11)6-7/h3-6,11H,2H2,1H3/b7-3-. The molecule has 0 atom stereocenters. The molecule has 0 aromatic carbocycles. The second-order valence-corrected chi connectivity index (χ2v) is 2.34. The van der Waals surface area contributed by atoms with Crippen LogP contribution in [0.25, 0.3) is 0 Å². The van der Waals surface area contributed by atoms with Gasteiger partial charge in [-0.15, -0.1) is 0 Å². The molecular weight excluding hydrogens is 140 g/mol. The molecule has 0 aliphatic heterocycles. The lowest BCUT2D eigenvalue weighted by atomic mass is 10.1. The van der Waals surface area contributed by atoms with Gasteiger partial charge in [0.05, 0.1) is 0 Å². The van der Waals surface area contributed by atoms with Crippen molar-refractivity contribution in [1.29, 1.82) is 0 Å². The summed E-state index contributed by atoms with van der Waals surface area (Å²) in [5, 5.41) is 8.99. The van der Waals surface area contributed by atoms with E-state index in [2.05, 4.69) is 0 Å². The molecule has 0 aromatic heterocycles. The predicted octanol–water partition coefficient (Wildman–Crippen LogP) is 1.90. The van der Waals surface area contributed by atoms with Crippen LogP contribution in [0.3, 0.4) is 0 Å². The molecule has 0 radical (unpaired) electrons. The quantitative estimate of drug-likeness (QED) is 0.619. The number of rotatable bonds is 1. The summed E-state index contributed by atoms with van der Waals surface area (Å²) < 4.78 is 0. The Morgan fingerprint density at radius 2 is 2.27 bits per heavy atom. The molecular formula is C9H10O2. The number of carbonyl (C=O) groups excluding carboxylic acids is 1. The monoisotopic (exact) mass is 150 g/mol. The highest BCUT2D eigenvalue weighted by Crippen LogP contribution is 2.10. The van der Waals surface area contributed by atoms with Crippen molar-refractivity contribution in [2.75, 3.05) is 0 Å². The zero-order valence-electron chi connectivity index (χ0n) is 6.37. The van der Waals surface area contributed by atoms with E-state index in [0.717, 1.165) is 12.0 Å². The van der Waals surface area contributed by atoms with E-state index < -0.39 is 0 Å². The maximum atomic E-state index is 10.7. The first kappa shape index (κ1) is 7.79. The number of carbonyl (C=O) groups is 1. The first-order valence-corrected chi connectivity index (χ1v) is 3.57. The average Bonchev–Trinajstić information content (AvgIpc) is 1.98. The van der Waals surface area contributed by atoms with Crippen LogP contribution in [-0.4, -0.2) is 10.9 Å². The summed E-state index contributed by atoms with van der Waals surface area (Å²) in [7, 11) is 0. The van der Waals surface area contributed by atoms with Crippen molar-refractivity contribution in [2.24, 2.45) is 0 Å². The highest BCUT2D eigenvalue weighted by Gasteiger charge is 2.07. The summed E-state index contributed by atoms with van der Waals surface area (Å²) in [5.41, 5.74) is 0.893. The van der Waals surface area contributed by atoms with E-state index in [1.165, 1.54) is 12.2 Å². The van der Waals surface area contributed by atoms with Gasteiger partial charge < -0.3 is 5.11 Å². The molecule has 0 saturated heterocycles. The highest BCUT2D eigenvalue weighted by atomic mass is 16.3. The Balaban J connectivity index is 2.85. The van der Waals surface area contributed by atoms with Crippen molar-refractivity contribution in [3.05, 3.63) is 35.6 Å². The fourth-order valence-corrected chi connectivity index (χ4v) is 0.897. The van der Waals surface area contributed by atoms with Gasteiger partial charge in [0, 0.05) is 0 Å². The fourth-order valence-electron chi connectivity index (χ4n) is 0.897. The van der Waals surface area contributed by atoms with Crippen molar-refractivity contribution >= 4 is 5.78 Å². The summed E-state index contributed by atoms with van der Waals surface area (Å²) in [6.45, 7) is 2.00. The largest absolute Gasteiger partial charge is 0.504 e. The van der Waals surface area contributed by atoms with Gasteiger partial charge in [0.25, 0.3) is 0 Å². The number of aliphatic hydroxyl groups is 1. The van der Waals surface area contributed by atoms with Crippen molar-refractivity contribution in [2.45, 2.75) is 13.3 Å². The second kappa shape index (κ2) is 3.19. The molecule has 0 saturated carbocycles. The van der Waals surface area contributed by atoms with Crippen molar-refractivity contribution in [3.63, 3.8) is 0 Å². The zero-order chi connectivity index (χ0) is 8.27. The summed E-state index contributed by atoms with van der Waals surface area (Å²) in [6, 6.07) is 0. The van der Waals surface area contributed by atoms with Crippen molar-refractivity contribution in [1.82, 2.24) is 0 Å². The maximum Gasteiger partial charge on any atom is 0.220 e. The molecule has 0 aromatic rings. The van der Waals surface area contributed by atoms with Gasteiger partial charge in [-0.05, 0) is 24.1 Å². The number of allylic oxidation sites excluding steroid dienone is 5. The highest BCUT2D eigenvalue weighted by molar-refractivity contribution is 6.04. The van der Waals surface area contributed by atoms with Gasteiger partial charge in [-0.3, -0.25) is 4.79 Å². The van der Waals surface area contributed by atoms with Crippen LogP contribution < -0.4 is 0 Å². The molecule has 0 bridgehead atoms. The van der Waals surface area contributed by atoms with Crippen LogP contribution in [0.4, 0.5) is 0 Å².